The molecule has 2 N–H and O–H groups in total. The molecule has 0 bridgehead atoms. The minimum Gasteiger partial charge on any atom is -0.396 e. The minimum atomic E-state index is -0.0857. The summed E-state index contributed by atoms with van der Waals surface area (Å²) in [5, 5.41) is 12.4. The Morgan fingerprint density at radius 1 is 1.39 bits per heavy atom. The van der Waals surface area contributed by atoms with Crippen molar-refractivity contribution in [3.05, 3.63) is 33.4 Å². The Balaban J connectivity index is 1.96. The number of hydrogen-bond acceptors (Lipinski definition) is 2. The van der Waals surface area contributed by atoms with Gasteiger partial charge in [0, 0.05) is 21.1 Å². The Hall–Kier alpha value is -0.620. The molecule has 0 aliphatic heterocycles. The average Bonchev–Trinajstić information content (AvgIpc) is 2.85. The lowest BCUT2D eigenvalue weighted by atomic mass is 9.87. The normalized spacial score (nSPS) is 17.7. The predicted molar refractivity (Wildman–Crippen MR) is 79.5 cm³/mol. The maximum Gasteiger partial charge on any atom is 0.251 e. The van der Waals surface area contributed by atoms with Crippen molar-refractivity contribution in [1.82, 2.24) is 5.32 Å². The molecule has 0 atom stereocenters. The van der Waals surface area contributed by atoms with Crippen molar-refractivity contribution < 1.29 is 9.90 Å². The number of carbonyl (C=O) groups is 1. The van der Waals surface area contributed by atoms with Crippen LogP contribution in [0.3, 0.4) is 0 Å². The maximum absolute atomic E-state index is 12.0. The van der Waals surface area contributed by atoms with Crippen molar-refractivity contribution >= 4 is 28.5 Å². The van der Waals surface area contributed by atoms with E-state index >= 15 is 0 Å². The summed E-state index contributed by atoms with van der Waals surface area (Å²) in [7, 11) is 0. The Bertz CT molecular complexity index is 428. The van der Waals surface area contributed by atoms with Gasteiger partial charge in [0.25, 0.3) is 5.91 Å². The molecule has 0 saturated heterocycles. The third-order valence-corrected chi connectivity index (χ3v) is 4.38. The van der Waals surface area contributed by atoms with Crippen LogP contribution in [0.15, 0.2) is 24.3 Å². The van der Waals surface area contributed by atoms with Crippen LogP contribution in [0.4, 0.5) is 0 Å². The molecule has 0 radical (unpaired) electrons. The van der Waals surface area contributed by atoms with Crippen molar-refractivity contribution in [3.8, 4) is 0 Å². The quantitative estimate of drug-likeness (QED) is 0.812. The summed E-state index contributed by atoms with van der Waals surface area (Å²) in [6.45, 7) is 0.743. The minimum absolute atomic E-state index is 0.0479. The molecule has 0 unspecified atom stereocenters. The maximum atomic E-state index is 12.0. The van der Waals surface area contributed by atoms with E-state index in [0.717, 1.165) is 29.3 Å². The number of benzene rings is 1. The van der Waals surface area contributed by atoms with Gasteiger partial charge in [-0.25, -0.2) is 0 Å². The molecule has 1 aliphatic rings. The van der Waals surface area contributed by atoms with Crippen molar-refractivity contribution in [2.24, 2.45) is 5.41 Å². The van der Waals surface area contributed by atoms with Crippen molar-refractivity contribution in [3.63, 3.8) is 0 Å². The molecule has 2 rings (SSSR count). The Labute approximate surface area is 121 Å². The number of nitrogens with one attached hydrogen (secondary N) is 1. The molecule has 1 fully saturated rings. The third-order valence-electron chi connectivity index (χ3n) is 3.71. The monoisotopic (exact) mass is 359 g/mol. The van der Waals surface area contributed by atoms with Gasteiger partial charge in [-0.2, -0.15) is 0 Å². The SMILES string of the molecule is O=C(NCC1(CO)CCCC1)c1cccc(I)c1. The first-order chi connectivity index (χ1) is 8.65. The lowest BCUT2D eigenvalue weighted by Crippen LogP contribution is -2.38. The first-order valence-electron chi connectivity index (χ1n) is 6.30. The molecular weight excluding hydrogens is 341 g/mol. The van der Waals surface area contributed by atoms with Crippen LogP contribution in [0.5, 0.6) is 0 Å². The summed E-state index contributed by atoms with van der Waals surface area (Å²) in [5.74, 6) is -0.0479. The fourth-order valence-corrected chi connectivity index (χ4v) is 3.06. The summed E-state index contributed by atoms with van der Waals surface area (Å²) in [4.78, 5) is 12.0. The molecule has 18 heavy (non-hydrogen) atoms. The number of amides is 1. The highest BCUT2D eigenvalue weighted by Crippen LogP contribution is 2.36. The largest absolute Gasteiger partial charge is 0.396 e. The average molecular weight is 359 g/mol. The summed E-state index contributed by atoms with van der Waals surface area (Å²) in [6, 6.07) is 7.53. The highest BCUT2D eigenvalue weighted by atomic mass is 127. The van der Waals surface area contributed by atoms with Gasteiger partial charge in [0.15, 0.2) is 0 Å². The van der Waals surface area contributed by atoms with Gasteiger partial charge in [0.1, 0.15) is 0 Å². The zero-order chi connectivity index (χ0) is 13.0. The zero-order valence-corrected chi connectivity index (χ0v) is 12.4. The first-order valence-corrected chi connectivity index (χ1v) is 7.38. The van der Waals surface area contributed by atoms with E-state index in [1.807, 2.05) is 24.3 Å². The summed E-state index contributed by atoms with van der Waals surface area (Å²) in [5.41, 5.74) is 0.602. The van der Waals surface area contributed by atoms with Gasteiger partial charge in [0.05, 0.1) is 6.61 Å². The van der Waals surface area contributed by atoms with E-state index < -0.39 is 0 Å². The van der Waals surface area contributed by atoms with Gasteiger partial charge in [-0.1, -0.05) is 18.9 Å². The Morgan fingerprint density at radius 2 is 2.11 bits per heavy atom. The molecular formula is C14H18INO2. The van der Waals surface area contributed by atoms with Crippen molar-refractivity contribution in [2.45, 2.75) is 25.7 Å². The molecule has 0 aromatic heterocycles. The van der Waals surface area contributed by atoms with Gasteiger partial charge in [-0.3, -0.25) is 4.79 Å². The van der Waals surface area contributed by atoms with E-state index in [4.69, 9.17) is 0 Å². The van der Waals surface area contributed by atoms with Gasteiger partial charge in [0.2, 0.25) is 0 Å². The van der Waals surface area contributed by atoms with Crippen LogP contribution in [0.1, 0.15) is 36.0 Å². The van der Waals surface area contributed by atoms with Crippen molar-refractivity contribution in [1.29, 1.82) is 0 Å². The molecule has 1 amide bonds. The standard InChI is InChI=1S/C14H18INO2/c15-12-5-3-4-11(8-12)13(18)16-9-14(10-17)6-1-2-7-14/h3-5,8,17H,1-2,6-7,9-10H2,(H,16,18). The predicted octanol–water partition coefficient (Wildman–Crippen LogP) is 2.57. The second kappa shape index (κ2) is 6.02. The fraction of sp³-hybridized carbons (Fsp3) is 0.500. The molecule has 1 aliphatic carbocycles. The van der Waals surface area contributed by atoms with E-state index in [1.165, 1.54) is 0 Å². The number of halogens is 1. The summed E-state index contributed by atoms with van der Waals surface area (Å²) >= 11 is 2.20. The molecule has 98 valence electrons. The third kappa shape index (κ3) is 3.23. The van der Waals surface area contributed by atoms with Gasteiger partial charge in [-0.05, 0) is 53.6 Å². The van der Waals surface area contributed by atoms with Crippen LogP contribution in [-0.2, 0) is 0 Å². The second-order valence-electron chi connectivity index (χ2n) is 5.06. The second-order valence-corrected chi connectivity index (χ2v) is 6.30. The lowest BCUT2D eigenvalue weighted by Gasteiger charge is -2.26. The highest BCUT2D eigenvalue weighted by Gasteiger charge is 2.33. The molecule has 1 saturated carbocycles. The zero-order valence-electron chi connectivity index (χ0n) is 10.3. The van der Waals surface area contributed by atoms with E-state index in [-0.39, 0.29) is 17.9 Å². The Morgan fingerprint density at radius 3 is 2.72 bits per heavy atom. The number of rotatable bonds is 4. The van der Waals surface area contributed by atoms with E-state index in [1.54, 1.807) is 0 Å². The molecule has 1 aromatic rings. The molecule has 0 heterocycles. The first kappa shape index (κ1) is 13.8. The number of aliphatic hydroxyl groups excluding tert-OH is 1. The van der Waals surface area contributed by atoms with Crippen LogP contribution in [-0.4, -0.2) is 24.2 Å². The fourth-order valence-electron chi connectivity index (χ4n) is 2.52. The summed E-state index contributed by atoms with van der Waals surface area (Å²) < 4.78 is 1.05. The van der Waals surface area contributed by atoms with Gasteiger partial charge in [-0.15, -0.1) is 0 Å². The highest BCUT2D eigenvalue weighted by molar-refractivity contribution is 14.1. The van der Waals surface area contributed by atoms with Crippen LogP contribution in [0.2, 0.25) is 0 Å². The smallest absolute Gasteiger partial charge is 0.251 e. The van der Waals surface area contributed by atoms with Crippen molar-refractivity contribution in [2.75, 3.05) is 13.2 Å². The van der Waals surface area contributed by atoms with Crippen LogP contribution >= 0.6 is 22.6 Å². The lowest BCUT2D eigenvalue weighted by molar-refractivity contribution is 0.0880. The van der Waals surface area contributed by atoms with Gasteiger partial charge >= 0.3 is 0 Å². The van der Waals surface area contributed by atoms with Crippen LogP contribution in [0.25, 0.3) is 0 Å². The molecule has 0 spiro atoms. The van der Waals surface area contributed by atoms with Crippen LogP contribution in [0, 0.1) is 8.99 Å². The summed E-state index contributed by atoms with van der Waals surface area (Å²) in [6.07, 6.45) is 4.32. The number of carbonyl (C=O) groups excluding carboxylic acids is 1. The van der Waals surface area contributed by atoms with E-state index in [2.05, 4.69) is 27.9 Å². The molecule has 4 heteroatoms. The molecule has 3 nitrogen and oxygen atoms in total. The topological polar surface area (TPSA) is 49.3 Å². The number of hydrogen-bond donors (Lipinski definition) is 2. The van der Waals surface area contributed by atoms with Gasteiger partial charge < -0.3 is 10.4 Å². The van der Waals surface area contributed by atoms with E-state index in [0.29, 0.717) is 12.1 Å². The number of aliphatic hydroxyl groups is 1. The molecule has 1 aromatic carbocycles. The van der Waals surface area contributed by atoms with E-state index in [9.17, 15) is 9.90 Å². The van der Waals surface area contributed by atoms with Crippen LogP contribution < -0.4 is 5.32 Å². The Kier molecular flexibility index (Phi) is 4.61.